The van der Waals surface area contributed by atoms with Gasteiger partial charge in [-0.15, -0.1) is 16.3 Å². The highest BCUT2D eigenvalue weighted by atomic mass is 32.1. The zero-order valence-electron chi connectivity index (χ0n) is 15.6. The monoisotopic (exact) mass is 409 g/mol. The molecule has 0 fully saturated rings. The highest BCUT2D eigenvalue weighted by molar-refractivity contribution is 7.17. The van der Waals surface area contributed by atoms with Gasteiger partial charge in [0.05, 0.1) is 0 Å². The van der Waals surface area contributed by atoms with E-state index in [-0.39, 0.29) is 5.76 Å². The van der Waals surface area contributed by atoms with Gasteiger partial charge in [0.2, 0.25) is 5.76 Å². The van der Waals surface area contributed by atoms with E-state index < -0.39 is 12.1 Å². The van der Waals surface area contributed by atoms with Crippen molar-refractivity contribution in [1.82, 2.24) is 10.3 Å². The van der Waals surface area contributed by atoms with Crippen LogP contribution in [0.3, 0.4) is 0 Å². The minimum absolute atomic E-state index is 0.111. The molecule has 4 rings (SSSR count). The van der Waals surface area contributed by atoms with Crippen molar-refractivity contribution in [2.75, 3.05) is 0 Å². The Morgan fingerprint density at radius 3 is 2.83 bits per heavy atom. The van der Waals surface area contributed by atoms with Crippen LogP contribution in [0, 0.1) is 6.92 Å². The van der Waals surface area contributed by atoms with Gasteiger partial charge in [-0.25, -0.2) is 4.98 Å². The summed E-state index contributed by atoms with van der Waals surface area (Å²) in [5, 5.41) is 5.77. The van der Waals surface area contributed by atoms with Crippen LogP contribution in [0.15, 0.2) is 64.4 Å². The highest BCUT2D eigenvalue weighted by Gasteiger charge is 2.25. The third-order valence-corrected chi connectivity index (χ3v) is 5.30. The molecule has 7 nitrogen and oxygen atoms in total. The van der Waals surface area contributed by atoms with Gasteiger partial charge in [-0.2, -0.15) is 10.8 Å². The van der Waals surface area contributed by atoms with E-state index in [1.165, 1.54) is 0 Å². The first kappa shape index (κ1) is 19.3. The number of nitrogens with one attached hydrogen (secondary N) is 1. The van der Waals surface area contributed by atoms with Crippen LogP contribution < -0.4 is 11.2 Å². The van der Waals surface area contributed by atoms with Crippen molar-refractivity contribution < 1.29 is 19.1 Å². The van der Waals surface area contributed by atoms with Gasteiger partial charge in [0.1, 0.15) is 5.69 Å². The summed E-state index contributed by atoms with van der Waals surface area (Å²) < 4.78 is 6.75. The van der Waals surface area contributed by atoms with Gasteiger partial charge < -0.3 is 9.73 Å². The lowest BCUT2D eigenvalue weighted by molar-refractivity contribution is -0.332. The smallest absolute Gasteiger partial charge is 0.291 e. The molecule has 0 aliphatic carbocycles. The van der Waals surface area contributed by atoms with E-state index >= 15 is 0 Å². The molecule has 0 bridgehead atoms. The van der Waals surface area contributed by atoms with Crippen LogP contribution in [0.2, 0.25) is 0 Å². The Balaban J connectivity index is 1.62. The van der Waals surface area contributed by atoms with Crippen molar-refractivity contribution in [2.24, 2.45) is 5.90 Å². The van der Waals surface area contributed by atoms with Crippen molar-refractivity contribution in [3.63, 3.8) is 0 Å². The van der Waals surface area contributed by atoms with E-state index in [1.54, 1.807) is 18.3 Å². The molecule has 2 aromatic heterocycles. The lowest BCUT2D eigenvalue weighted by Gasteiger charge is -2.16. The Bertz CT molecular complexity index is 1120. The van der Waals surface area contributed by atoms with Crippen molar-refractivity contribution >= 4 is 27.3 Å². The number of hydrogen-bond donors (Lipinski definition) is 2. The van der Waals surface area contributed by atoms with Gasteiger partial charge in [-0.05, 0) is 23.1 Å². The fraction of sp³-hybridized carbons (Fsp3) is 0.143. The van der Waals surface area contributed by atoms with Gasteiger partial charge in [0.25, 0.3) is 5.91 Å². The molecule has 148 valence electrons. The Hall–Kier alpha value is -3.04. The Labute approximate surface area is 171 Å². The number of rotatable bonds is 7. The average molecular weight is 409 g/mol. The van der Waals surface area contributed by atoms with Crippen LogP contribution in [0.25, 0.3) is 21.3 Å². The number of hydrogen-bond acceptors (Lipinski definition) is 7. The van der Waals surface area contributed by atoms with E-state index in [4.69, 9.17) is 15.2 Å². The molecule has 0 aliphatic heterocycles. The Morgan fingerprint density at radius 2 is 2.03 bits per heavy atom. The predicted octanol–water partition coefficient (Wildman–Crippen LogP) is 3.99. The number of aryl methyl sites for hydroxylation is 1. The molecule has 1 unspecified atom stereocenters. The summed E-state index contributed by atoms with van der Waals surface area (Å²) >= 11 is 1.63. The third-order valence-electron chi connectivity index (χ3n) is 4.42. The maximum absolute atomic E-state index is 13.0. The maximum Gasteiger partial charge on any atom is 0.291 e. The number of carbonyl (C=O) groups excluding carboxylic acids is 1. The number of benzene rings is 2. The predicted molar refractivity (Wildman–Crippen MR) is 110 cm³/mol. The first-order chi connectivity index (χ1) is 14.2. The van der Waals surface area contributed by atoms with E-state index in [0.29, 0.717) is 18.0 Å². The van der Waals surface area contributed by atoms with Gasteiger partial charge in [-0.1, -0.05) is 42.5 Å². The maximum atomic E-state index is 13.0. The van der Waals surface area contributed by atoms with E-state index in [2.05, 4.69) is 15.3 Å². The largest absolute Gasteiger partial charge is 0.435 e. The molecule has 0 saturated carbocycles. The lowest BCUT2D eigenvalue weighted by atomic mass is 10.1. The molecule has 29 heavy (non-hydrogen) atoms. The SMILES string of the molecule is Cc1nc(-c2cccc3sccc23)c(C(=O)NC(Cc2ccccc2)OON)o1. The summed E-state index contributed by atoms with van der Waals surface area (Å²) in [6.07, 6.45) is -0.433. The normalized spacial score (nSPS) is 12.2. The van der Waals surface area contributed by atoms with Crippen LogP contribution >= 0.6 is 11.3 Å². The second-order valence-corrected chi connectivity index (χ2v) is 7.34. The summed E-state index contributed by atoms with van der Waals surface area (Å²) in [6, 6.07) is 17.4. The van der Waals surface area contributed by atoms with Crippen LogP contribution in [-0.2, 0) is 16.3 Å². The molecule has 0 spiro atoms. The van der Waals surface area contributed by atoms with Crippen LogP contribution in [0.4, 0.5) is 0 Å². The van der Waals surface area contributed by atoms with E-state index in [0.717, 1.165) is 21.2 Å². The number of carbonyl (C=O) groups is 1. The number of fused-ring (bicyclic) bond motifs is 1. The van der Waals surface area contributed by atoms with Crippen molar-refractivity contribution in [3.05, 3.63) is 77.2 Å². The van der Waals surface area contributed by atoms with Gasteiger partial charge in [0, 0.05) is 29.0 Å². The zero-order valence-corrected chi connectivity index (χ0v) is 16.4. The highest BCUT2D eigenvalue weighted by Crippen LogP contribution is 2.33. The molecular weight excluding hydrogens is 390 g/mol. The van der Waals surface area contributed by atoms with Crippen molar-refractivity contribution in [2.45, 2.75) is 19.6 Å². The number of nitrogens with zero attached hydrogens (tertiary/aromatic N) is 1. The minimum Gasteiger partial charge on any atom is -0.435 e. The standard InChI is InChI=1S/C21H19N3O4S/c1-13-23-19(16-8-5-9-17-15(16)10-11-29-17)20(26-13)21(25)24-18(27-28-22)12-14-6-3-2-4-7-14/h2-11,18H,12,22H2,1H3,(H,24,25). The molecule has 8 heteroatoms. The third kappa shape index (κ3) is 4.20. The van der Waals surface area contributed by atoms with Crippen LogP contribution in [-0.4, -0.2) is 17.1 Å². The quantitative estimate of drug-likeness (QED) is 0.272. The summed E-state index contributed by atoms with van der Waals surface area (Å²) in [5.74, 6) is 5.11. The van der Waals surface area contributed by atoms with E-state index in [1.807, 2.05) is 60.0 Å². The van der Waals surface area contributed by atoms with E-state index in [9.17, 15) is 4.79 Å². The van der Waals surface area contributed by atoms with Crippen molar-refractivity contribution in [1.29, 1.82) is 0 Å². The fourth-order valence-electron chi connectivity index (χ4n) is 3.18. The first-order valence-electron chi connectivity index (χ1n) is 8.96. The summed E-state index contributed by atoms with van der Waals surface area (Å²) in [6.45, 7) is 1.70. The number of aromatic nitrogens is 1. The minimum atomic E-state index is -0.801. The number of nitrogens with two attached hydrogens (primary N) is 1. The molecule has 0 saturated heterocycles. The second-order valence-electron chi connectivity index (χ2n) is 6.39. The molecule has 0 radical (unpaired) electrons. The fourth-order valence-corrected chi connectivity index (χ4v) is 3.99. The second kappa shape index (κ2) is 8.54. The number of amides is 1. The van der Waals surface area contributed by atoms with Gasteiger partial charge >= 0.3 is 0 Å². The molecule has 2 heterocycles. The molecular formula is C21H19N3O4S. The van der Waals surface area contributed by atoms with Crippen LogP contribution in [0.1, 0.15) is 22.0 Å². The first-order valence-corrected chi connectivity index (χ1v) is 9.84. The summed E-state index contributed by atoms with van der Waals surface area (Å²) in [4.78, 5) is 26.8. The Kier molecular flexibility index (Phi) is 5.68. The Morgan fingerprint density at radius 1 is 1.21 bits per heavy atom. The van der Waals surface area contributed by atoms with Crippen molar-refractivity contribution in [3.8, 4) is 11.3 Å². The average Bonchev–Trinajstić information content (AvgIpc) is 3.35. The number of oxazole rings is 1. The van der Waals surface area contributed by atoms with Gasteiger partial charge in [-0.3, -0.25) is 4.79 Å². The molecule has 1 amide bonds. The molecule has 0 aliphatic rings. The molecule has 1 atom stereocenters. The molecule has 4 aromatic rings. The molecule has 2 aromatic carbocycles. The van der Waals surface area contributed by atoms with Gasteiger partial charge in [0.15, 0.2) is 12.1 Å². The van der Waals surface area contributed by atoms with Crippen LogP contribution in [0.5, 0.6) is 0 Å². The summed E-state index contributed by atoms with van der Waals surface area (Å²) in [7, 11) is 0. The zero-order chi connectivity index (χ0) is 20.2. The summed E-state index contributed by atoms with van der Waals surface area (Å²) in [5.41, 5.74) is 2.27. The lowest BCUT2D eigenvalue weighted by Crippen LogP contribution is -2.39. The molecule has 3 N–H and O–H groups in total. The topological polar surface area (TPSA) is 99.6 Å². The number of thiophene rings is 1.